The number of carbonyl (C=O) groups excluding carboxylic acids is 1. The highest BCUT2D eigenvalue weighted by molar-refractivity contribution is 9.10. The smallest absolute Gasteiger partial charge is 0.262 e. The lowest BCUT2D eigenvalue weighted by Crippen LogP contribution is -2.29. The van der Waals surface area contributed by atoms with Crippen molar-refractivity contribution >= 4 is 44.5 Å². The molecule has 2 aromatic carbocycles. The second-order valence-electron chi connectivity index (χ2n) is 6.84. The molecule has 3 aromatic rings. The van der Waals surface area contributed by atoms with Gasteiger partial charge in [0.2, 0.25) is 5.91 Å². The number of para-hydroxylation sites is 1. The summed E-state index contributed by atoms with van der Waals surface area (Å²) in [5, 5.41) is 1.13. The molecule has 8 heteroatoms. The van der Waals surface area contributed by atoms with Crippen molar-refractivity contribution in [1.29, 1.82) is 0 Å². The monoisotopic (exact) mass is 489 g/mol. The maximum absolute atomic E-state index is 13.0. The van der Waals surface area contributed by atoms with E-state index in [1.165, 1.54) is 11.8 Å². The van der Waals surface area contributed by atoms with E-state index in [0.717, 1.165) is 10.0 Å². The minimum Gasteiger partial charge on any atom is -0.385 e. The summed E-state index contributed by atoms with van der Waals surface area (Å²) in [6, 6.07) is 15.1. The number of nitrogens with zero attached hydrogens (tertiary/aromatic N) is 3. The number of thioether (sulfide) groups is 1. The van der Waals surface area contributed by atoms with Crippen LogP contribution in [0.1, 0.15) is 12.0 Å². The number of aromatic nitrogens is 2. The van der Waals surface area contributed by atoms with E-state index in [9.17, 15) is 9.59 Å². The zero-order valence-corrected chi connectivity index (χ0v) is 19.4. The molecule has 158 valence electrons. The molecule has 1 heterocycles. The second kappa shape index (κ2) is 10.7. The molecular formula is C22H24BrN3O3S. The molecule has 0 unspecified atom stereocenters. The van der Waals surface area contributed by atoms with Gasteiger partial charge >= 0.3 is 0 Å². The number of rotatable bonds is 9. The lowest BCUT2D eigenvalue weighted by molar-refractivity contribution is -0.127. The third-order valence-electron chi connectivity index (χ3n) is 4.67. The van der Waals surface area contributed by atoms with Crippen LogP contribution < -0.4 is 5.56 Å². The Bertz CT molecular complexity index is 1090. The van der Waals surface area contributed by atoms with Crippen LogP contribution >= 0.6 is 27.7 Å². The van der Waals surface area contributed by atoms with Gasteiger partial charge in [0.05, 0.1) is 16.7 Å². The predicted molar refractivity (Wildman–Crippen MR) is 124 cm³/mol. The van der Waals surface area contributed by atoms with Crippen LogP contribution in [0.2, 0.25) is 0 Å². The highest BCUT2D eigenvalue weighted by Gasteiger charge is 2.16. The number of ether oxygens (including phenoxy) is 1. The summed E-state index contributed by atoms with van der Waals surface area (Å²) in [4.78, 5) is 32.0. The number of halogens is 1. The summed E-state index contributed by atoms with van der Waals surface area (Å²) < 4.78 is 7.74. The number of hydrogen-bond donors (Lipinski definition) is 0. The third kappa shape index (κ3) is 5.50. The molecule has 0 atom stereocenters. The molecule has 0 bridgehead atoms. The number of benzene rings is 2. The minimum atomic E-state index is -0.0896. The molecule has 0 aliphatic rings. The number of hydrogen-bond acceptors (Lipinski definition) is 5. The van der Waals surface area contributed by atoms with Crippen molar-refractivity contribution < 1.29 is 9.53 Å². The molecule has 6 nitrogen and oxygen atoms in total. The molecule has 0 fully saturated rings. The van der Waals surface area contributed by atoms with Crippen LogP contribution in [0.3, 0.4) is 0 Å². The molecule has 0 N–H and O–H groups in total. The fraction of sp³-hybridized carbons (Fsp3) is 0.318. The zero-order chi connectivity index (χ0) is 21.5. The topological polar surface area (TPSA) is 64.4 Å². The summed E-state index contributed by atoms with van der Waals surface area (Å²) in [6.45, 7) is 1.55. The van der Waals surface area contributed by atoms with Gasteiger partial charge in [0.15, 0.2) is 5.16 Å². The lowest BCUT2D eigenvalue weighted by atomic mass is 10.2. The van der Waals surface area contributed by atoms with Crippen molar-refractivity contribution in [3.05, 3.63) is 68.9 Å². The highest BCUT2D eigenvalue weighted by atomic mass is 79.9. The molecule has 0 saturated heterocycles. The maximum Gasteiger partial charge on any atom is 0.262 e. The molecule has 0 aliphatic carbocycles. The van der Waals surface area contributed by atoms with E-state index in [1.807, 2.05) is 42.5 Å². The van der Waals surface area contributed by atoms with Crippen molar-refractivity contribution in [2.75, 3.05) is 26.5 Å². The molecule has 0 radical (unpaired) electrons. The van der Waals surface area contributed by atoms with Gasteiger partial charge in [0, 0.05) is 38.3 Å². The van der Waals surface area contributed by atoms with E-state index in [4.69, 9.17) is 4.74 Å². The summed E-state index contributed by atoms with van der Waals surface area (Å²) in [6.07, 6.45) is 0.694. The van der Waals surface area contributed by atoms with Crippen molar-refractivity contribution in [3.63, 3.8) is 0 Å². The normalized spacial score (nSPS) is 11.0. The molecule has 30 heavy (non-hydrogen) atoms. The van der Waals surface area contributed by atoms with Gasteiger partial charge in [-0.3, -0.25) is 14.2 Å². The Morgan fingerprint density at radius 3 is 2.70 bits per heavy atom. The average Bonchev–Trinajstić information content (AvgIpc) is 2.75. The van der Waals surface area contributed by atoms with E-state index in [0.29, 0.717) is 42.2 Å². The number of methoxy groups -OCH3 is 1. The van der Waals surface area contributed by atoms with Crippen LogP contribution in [-0.2, 0) is 22.6 Å². The lowest BCUT2D eigenvalue weighted by Gasteiger charge is -2.18. The van der Waals surface area contributed by atoms with Crippen LogP contribution in [0, 0.1) is 0 Å². The Morgan fingerprint density at radius 1 is 1.20 bits per heavy atom. The van der Waals surface area contributed by atoms with Crippen molar-refractivity contribution in [1.82, 2.24) is 14.5 Å². The van der Waals surface area contributed by atoms with E-state index in [2.05, 4.69) is 20.9 Å². The second-order valence-corrected chi connectivity index (χ2v) is 8.64. The summed E-state index contributed by atoms with van der Waals surface area (Å²) in [7, 11) is 3.42. The van der Waals surface area contributed by atoms with Crippen LogP contribution in [0.5, 0.6) is 0 Å². The van der Waals surface area contributed by atoms with Crippen molar-refractivity contribution in [2.24, 2.45) is 0 Å². The summed E-state index contributed by atoms with van der Waals surface area (Å²) >= 11 is 4.81. The van der Waals surface area contributed by atoms with E-state index >= 15 is 0 Å². The molecular weight excluding hydrogens is 466 g/mol. The first-order valence-electron chi connectivity index (χ1n) is 9.60. The van der Waals surface area contributed by atoms with Crippen molar-refractivity contribution in [3.8, 4) is 0 Å². The molecule has 0 spiro atoms. The van der Waals surface area contributed by atoms with Gasteiger partial charge in [-0.15, -0.1) is 0 Å². The Morgan fingerprint density at radius 2 is 1.93 bits per heavy atom. The van der Waals surface area contributed by atoms with Gasteiger partial charge in [-0.05, 0) is 30.2 Å². The summed E-state index contributed by atoms with van der Waals surface area (Å²) in [5.74, 6) is 0.178. The number of carbonyl (C=O) groups is 1. The highest BCUT2D eigenvalue weighted by Crippen LogP contribution is 2.20. The summed E-state index contributed by atoms with van der Waals surface area (Å²) in [5.41, 5.74) is 1.59. The van der Waals surface area contributed by atoms with Crippen molar-refractivity contribution in [2.45, 2.75) is 24.7 Å². The fourth-order valence-electron chi connectivity index (χ4n) is 3.03. The van der Waals surface area contributed by atoms with Gasteiger partial charge in [0.25, 0.3) is 5.56 Å². The first-order valence-corrected chi connectivity index (χ1v) is 11.4. The Balaban J connectivity index is 1.76. The largest absolute Gasteiger partial charge is 0.385 e. The zero-order valence-electron chi connectivity index (χ0n) is 17.0. The first kappa shape index (κ1) is 22.5. The van der Waals surface area contributed by atoms with Crippen LogP contribution in [0.25, 0.3) is 10.9 Å². The van der Waals surface area contributed by atoms with E-state index < -0.39 is 0 Å². The van der Waals surface area contributed by atoms with Gasteiger partial charge in [0.1, 0.15) is 0 Å². The average molecular weight is 490 g/mol. The third-order valence-corrected chi connectivity index (χ3v) is 6.41. The Hall–Kier alpha value is -2.16. The fourth-order valence-corrected chi connectivity index (χ4v) is 4.40. The quantitative estimate of drug-likeness (QED) is 0.258. The van der Waals surface area contributed by atoms with Gasteiger partial charge in [-0.25, -0.2) is 4.98 Å². The van der Waals surface area contributed by atoms with E-state index in [-0.39, 0.29) is 17.2 Å². The Labute approximate surface area is 188 Å². The molecule has 3 rings (SSSR count). The SMILES string of the molecule is COCCCn1c(SCC(=O)N(C)Cc2ccccc2Br)nc2ccccc2c1=O. The van der Waals surface area contributed by atoms with Crippen LogP contribution in [-0.4, -0.2) is 46.9 Å². The maximum atomic E-state index is 13.0. The van der Waals surface area contributed by atoms with E-state index in [1.54, 1.807) is 29.7 Å². The molecule has 0 saturated carbocycles. The molecule has 0 aliphatic heterocycles. The first-order chi connectivity index (χ1) is 14.5. The van der Waals surface area contributed by atoms with Crippen LogP contribution in [0.15, 0.2) is 63.0 Å². The van der Waals surface area contributed by atoms with Gasteiger partial charge < -0.3 is 9.64 Å². The predicted octanol–water partition coefficient (Wildman–Crippen LogP) is 3.95. The Kier molecular flexibility index (Phi) is 8.07. The van der Waals surface area contributed by atoms with Gasteiger partial charge in [-0.2, -0.15) is 0 Å². The number of amides is 1. The standard InChI is InChI=1S/C22H24BrN3O3S/c1-25(14-16-8-3-5-10-18(16)23)20(27)15-30-22-24-19-11-6-4-9-17(19)21(28)26(22)12-7-13-29-2/h3-6,8-11H,7,12-15H2,1-2H3. The molecule has 1 amide bonds. The minimum absolute atomic E-state index is 0.0263. The number of fused-ring (bicyclic) bond motifs is 1. The molecule has 1 aromatic heterocycles. The van der Waals surface area contributed by atoms with Gasteiger partial charge in [-0.1, -0.05) is 58.0 Å². The van der Waals surface area contributed by atoms with Crippen LogP contribution in [0.4, 0.5) is 0 Å².